The molecule has 2 aromatic carbocycles. The molecule has 0 saturated carbocycles. The third-order valence-corrected chi connectivity index (χ3v) is 3.48. The maximum absolute atomic E-state index is 14.1. The van der Waals surface area contributed by atoms with Crippen molar-refractivity contribution in [2.24, 2.45) is 0 Å². The topological polar surface area (TPSA) is 38.7 Å². The van der Waals surface area contributed by atoms with Crippen molar-refractivity contribution in [3.63, 3.8) is 0 Å². The monoisotopic (exact) mass is 292 g/mol. The fourth-order valence-electron chi connectivity index (χ4n) is 2.33. The predicted molar refractivity (Wildman–Crippen MR) is 72.6 cm³/mol. The van der Waals surface area contributed by atoms with Gasteiger partial charge < -0.3 is 14.6 Å². The Morgan fingerprint density at radius 1 is 1.05 bits per heavy atom. The number of aliphatic hydroxyl groups excluding tert-OH is 1. The Bertz CT molecular complexity index is 685. The SMILES string of the molecule is Cc1ccc(F)c(C(O)c2ccc3c(c2)OCCO3)c1F. The average Bonchev–Trinajstić information content (AvgIpc) is 2.51. The minimum atomic E-state index is -1.40. The van der Waals surface area contributed by atoms with Gasteiger partial charge in [-0.15, -0.1) is 0 Å². The molecule has 0 fully saturated rings. The molecule has 0 saturated heterocycles. The zero-order chi connectivity index (χ0) is 15.0. The maximum Gasteiger partial charge on any atom is 0.161 e. The van der Waals surface area contributed by atoms with Crippen LogP contribution < -0.4 is 9.47 Å². The summed E-state index contributed by atoms with van der Waals surface area (Å²) in [6.45, 7) is 2.38. The van der Waals surface area contributed by atoms with Gasteiger partial charge in [-0.1, -0.05) is 12.1 Å². The average molecular weight is 292 g/mol. The lowest BCUT2D eigenvalue weighted by Crippen LogP contribution is -2.16. The summed E-state index contributed by atoms with van der Waals surface area (Å²) >= 11 is 0. The lowest BCUT2D eigenvalue weighted by Gasteiger charge is -2.21. The first kappa shape index (κ1) is 13.8. The highest BCUT2D eigenvalue weighted by Gasteiger charge is 2.23. The number of fused-ring (bicyclic) bond motifs is 1. The summed E-state index contributed by atoms with van der Waals surface area (Å²) in [5.41, 5.74) is 0.275. The standard InChI is InChI=1S/C16H14F2O3/c1-9-2-4-11(17)14(15(9)18)16(19)10-3-5-12-13(8-10)21-7-6-20-12/h2-5,8,16,19H,6-7H2,1H3. The van der Waals surface area contributed by atoms with E-state index in [1.165, 1.54) is 13.0 Å². The summed E-state index contributed by atoms with van der Waals surface area (Å²) < 4.78 is 38.7. The molecule has 0 bridgehead atoms. The van der Waals surface area contributed by atoms with Crippen molar-refractivity contribution in [1.82, 2.24) is 0 Å². The number of halogens is 2. The summed E-state index contributed by atoms with van der Waals surface area (Å²) in [5, 5.41) is 10.3. The van der Waals surface area contributed by atoms with E-state index in [-0.39, 0.29) is 11.1 Å². The largest absolute Gasteiger partial charge is 0.486 e. The first-order chi connectivity index (χ1) is 10.1. The van der Waals surface area contributed by atoms with Crippen molar-refractivity contribution < 1.29 is 23.4 Å². The predicted octanol–water partition coefficient (Wildman–Crippen LogP) is 3.13. The highest BCUT2D eigenvalue weighted by Crippen LogP contribution is 2.35. The van der Waals surface area contributed by atoms with Gasteiger partial charge in [0, 0.05) is 0 Å². The minimum Gasteiger partial charge on any atom is -0.486 e. The van der Waals surface area contributed by atoms with Crippen LogP contribution in [0.5, 0.6) is 11.5 Å². The van der Waals surface area contributed by atoms with Crippen LogP contribution in [0.2, 0.25) is 0 Å². The smallest absolute Gasteiger partial charge is 0.161 e. The van der Waals surface area contributed by atoms with Crippen LogP contribution in [-0.4, -0.2) is 18.3 Å². The first-order valence-corrected chi connectivity index (χ1v) is 6.60. The molecule has 21 heavy (non-hydrogen) atoms. The lowest BCUT2D eigenvalue weighted by atomic mass is 9.98. The van der Waals surface area contributed by atoms with Gasteiger partial charge in [0.2, 0.25) is 0 Å². The van der Waals surface area contributed by atoms with E-state index in [4.69, 9.17) is 9.47 Å². The van der Waals surface area contributed by atoms with E-state index in [0.29, 0.717) is 30.3 Å². The van der Waals surface area contributed by atoms with Gasteiger partial charge in [-0.2, -0.15) is 0 Å². The molecule has 1 N–H and O–H groups in total. The number of hydrogen-bond acceptors (Lipinski definition) is 3. The second-order valence-electron chi connectivity index (χ2n) is 4.90. The molecule has 2 aromatic rings. The molecule has 0 aliphatic carbocycles. The van der Waals surface area contributed by atoms with E-state index < -0.39 is 17.7 Å². The van der Waals surface area contributed by atoms with Gasteiger partial charge in [0.1, 0.15) is 31.0 Å². The van der Waals surface area contributed by atoms with Gasteiger partial charge in [-0.25, -0.2) is 8.78 Å². The van der Waals surface area contributed by atoms with Gasteiger partial charge >= 0.3 is 0 Å². The van der Waals surface area contributed by atoms with Crippen LogP contribution in [0.25, 0.3) is 0 Å². The second-order valence-corrected chi connectivity index (χ2v) is 4.90. The molecule has 5 heteroatoms. The highest BCUT2D eigenvalue weighted by molar-refractivity contribution is 5.46. The van der Waals surface area contributed by atoms with E-state index in [9.17, 15) is 13.9 Å². The molecule has 1 unspecified atom stereocenters. The minimum absolute atomic E-state index is 0.281. The van der Waals surface area contributed by atoms with Crippen LogP contribution in [0.4, 0.5) is 8.78 Å². The normalized spacial score (nSPS) is 14.9. The lowest BCUT2D eigenvalue weighted by molar-refractivity contribution is 0.169. The van der Waals surface area contributed by atoms with Gasteiger partial charge in [0.05, 0.1) is 5.56 Å². The number of benzene rings is 2. The number of rotatable bonds is 2. The van der Waals surface area contributed by atoms with Gasteiger partial charge in [0.15, 0.2) is 11.5 Å². The van der Waals surface area contributed by atoms with E-state index in [1.807, 2.05) is 0 Å². The van der Waals surface area contributed by atoms with Crippen molar-refractivity contribution in [3.05, 3.63) is 58.7 Å². The van der Waals surface area contributed by atoms with Crippen molar-refractivity contribution in [2.45, 2.75) is 13.0 Å². The summed E-state index contributed by atoms with van der Waals surface area (Å²) in [5.74, 6) is -0.494. The molecule has 0 spiro atoms. The van der Waals surface area contributed by atoms with E-state index >= 15 is 0 Å². The van der Waals surface area contributed by atoms with Crippen LogP contribution in [0.1, 0.15) is 22.8 Å². The highest BCUT2D eigenvalue weighted by atomic mass is 19.1. The van der Waals surface area contributed by atoms with Crippen LogP contribution in [0.3, 0.4) is 0 Å². The van der Waals surface area contributed by atoms with Crippen LogP contribution in [-0.2, 0) is 0 Å². The Balaban J connectivity index is 2.03. The quantitative estimate of drug-likeness (QED) is 0.924. The summed E-state index contributed by atoms with van der Waals surface area (Å²) in [7, 11) is 0. The Morgan fingerprint density at radius 3 is 2.52 bits per heavy atom. The van der Waals surface area contributed by atoms with Crippen molar-refractivity contribution in [2.75, 3.05) is 13.2 Å². The van der Waals surface area contributed by atoms with Crippen LogP contribution in [0, 0.1) is 18.6 Å². The van der Waals surface area contributed by atoms with Gasteiger partial charge in [-0.05, 0) is 36.2 Å². The molecular weight excluding hydrogens is 278 g/mol. The van der Waals surface area contributed by atoms with Crippen LogP contribution >= 0.6 is 0 Å². The van der Waals surface area contributed by atoms with E-state index in [1.54, 1.807) is 18.2 Å². The third-order valence-electron chi connectivity index (χ3n) is 3.48. The molecule has 1 aliphatic heterocycles. The fourth-order valence-corrected chi connectivity index (χ4v) is 2.33. The zero-order valence-electron chi connectivity index (χ0n) is 11.4. The van der Waals surface area contributed by atoms with E-state index in [0.717, 1.165) is 6.07 Å². The molecule has 0 radical (unpaired) electrons. The first-order valence-electron chi connectivity index (χ1n) is 6.60. The molecule has 110 valence electrons. The van der Waals surface area contributed by atoms with Crippen molar-refractivity contribution in [3.8, 4) is 11.5 Å². The maximum atomic E-state index is 14.1. The summed E-state index contributed by atoms with van der Waals surface area (Å²) in [6.07, 6.45) is -1.40. The molecule has 1 aliphatic rings. The second kappa shape index (κ2) is 5.33. The van der Waals surface area contributed by atoms with Gasteiger partial charge in [-0.3, -0.25) is 0 Å². The fraction of sp³-hybridized carbons (Fsp3) is 0.250. The Labute approximate surface area is 120 Å². The molecular formula is C16H14F2O3. The van der Waals surface area contributed by atoms with Crippen molar-refractivity contribution >= 4 is 0 Å². The number of hydrogen-bond donors (Lipinski definition) is 1. The Morgan fingerprint density at radius 2 is 1.76 bits per heavy atom. The molecule has 1 atom stereocenters. The van der Waals surface area contributed by atoms with Crippen molar-refractivity contribution in [1.29, 1.82) is 0 Å². The third kappa shape index (κ3) is 2.45. The molecule has 1 heterocycles. The number of aliphatic hydroxyl groups is 1. The Kier molecular flexibility index (Phi) is 3.51. The molecule has 0 amide bonds. The molecule has 0 aromatic heterocycles. The van der Waals surface area contributed by atoms with E-state index in [2.05, 4.69) is 0 Å². The number of aryl methyl sites for hydroxylation is 1. The molecule has 3 rings (SSSR count). The molecule has 3 nitrogen and oxygen atoms in total. The van der Waals surface area contributed by atoms with Crippen LogP contribution in [0.15, 0.2) is 30.3 Å². The summed E-state index contributed by atoms with van der Waals surface area (Å²) in [6, 6.07) is 7.22. The zero-order valence-corrected chi connectivity index (χ0v) is 11.4. The Hall–Kier alpha value is -2.14. The summed E-state index contributed by atoms with van der Waals surface area (Å²) in [4.78, 5) is 0. The van der Waals surface area contributed by atoms with Gasteiger partial charge in [0.25, 0.3) is 0 Å². The number of ether oxygens (including phenoxy) is 2.